The zero-order chi connectivity index (χ0) is 43.2. The van der Waals surface area contributed by atoms with Crippen molar-refractivity contribution < 1.29 is 98.5 Å². The monoisotopic (exact) mass is 836 g/mol. The maximum Gasteiger partial charge on any atom is 0.364 e. The Morgan fingerprint density at radius 3 is 1.97 bits per heavy atom. The first kappa shape index (κ1) is 46.5. The molecule has 0 aromatic heterocycles. The largest absolute Gasteiger partial charge is 0.477 e. The molecule has 3 aliphatic rings. The van der Waals surface area contributed by atoms with Crippen LogP contribution in [0, 0.1) is 10.1 Å². The van der Waals surface area contributed by atoms with Crippen LogP contribution in [0.4, 0.5) is 5.69 Å². The molecule has 4 rings (SSSR count). The van der Waals surface area contributed by atoms with Gasteiger partial charge in [0.2, 0.25) is 24.0 Å². The van der Waals surface area contributed by atoms with E-state index in [4.69, 9.17) is 28.4 Å². The number of carbonyl (C=O) groups excluding carboxylic acids is 3. The summed E-state index contributed by atoms with van der Waals surface area (Å²) in [6.07, 6.45) is -23.0. The van der Waals surface area contributed by atoms with Gasteiger partial charge in [-0.15, -0.1) is 0 Å². The van der Waals surface area contributed by atoms with Crippen LogP contribution in [0.1, 0.15) is 27.2 Å². The average Bonchev–Trinajstić information content (AvgIpc) is 3.16. The summed E-state index contributed by atoms with van der Waals surface area (Å²) in [5, 5.41) is 113. The average molecular weight is 837 g/mol. The number of nitrogens with one attached hydrogen (secondary N) is 3. The second-order valence-electron chi connectivity index (χ2n) is 13.9. The van der Waals surface area contributed by atoms with Crippen molar-refractivity contribution in [3.05, 3.63) is 34.4 Å². The highest BCUT2D eigenvalue weighted by Gasteiger charge is 2.58. The summed E-state index contributed by atoms with van der Waals surface area (Å²) in [5.74, 6) is -7.18. The summed E-state index contributed by atoms with van der Waals surface area (Å²) in [7, 11) is 0. The van der Waals surface area contributed by atoms with Gasteiger partial charge in [0, 0.05) is 39.3 Å². The number of carbonyl (C=O) groups is 4. The quantitative estimate of drug-likeness (QED) is 0.0545. The molecule has 326 valence electrons. The molecule has 3 heterocycles. The summed E-state index contributed by atoms with van der Waals surface area (Å²) >= 11 is 0. The number of nitrogens with zero attached hydrogens (tertiary/aromatic N) is 1. The highest BCUT2D eigenvalue weighted by molar-refractivity contribution is 5.77. The molecule has 12 N–H and O–H groups in total. The Hall–Kier alpha value is -4.22. The van der Waals surface area contributed by atoms with E-state index in [0.29, 0.717) is 0 Å². The van der Waals surface area contributed by atoms with E-state index >= 15 is 0 Å². The molecule has 0 bridgehead atoms. The Morgan fingerprint density at radius 2 is 1.43 bits per heavy atom. The molecular formula is C33H48N4O21. The fourth-order valence-electron chi connectivity index (χ4n) is 6.72. The van der Waals surface area contributed by atoms with E-state index in [1.807, 2.05) is 0 Å². The fraction of sp³-hybridized carbons (Fsp3) is 0.697. The minimum Gasteiger partial charge on any atom is -0.477 e. The van der Waals surface area contributed by atoms with Gasteiger partial charge in [0.15, 0.2) is 6.29 Å². The zero-order valence-corrected chi connectivity index (χ0v) is 31.2. The van der Waals surface area contributed by atoms with E-state index in [2.05, 4.69) is 16.0 Å². The fourth-order valence-corrected chi connectivity index (χ4v) is 6.72. The predicted octanol–water partition coefficient (Wildman–Crippen LogP) is -5.94. The number of amides is 3. The number of non-ortho nitro benzene ring substituents is 1. The third kappa shape index (κ3) is 10.7. The van der Waals surface area contributed by atoms with Crippen molar-refractivity contribution in [3.63, 3.8) is 0 Å². The third-order valence-electron chi connectivity index (χ3n) is 9.55. The molecule has 0 saturated carbocycles. The number of carboxylic acids is 1. The first-order valence-electron chi connectivity index (χ1n) is 17.8. The predicted molar refractivity (Wildman–Crippen MR) is 185 cm³/mol. The van der Waals surface area contributed by atoms with Crippen LogP contribution in [-0.2, 0) is 42.9 Å². The number of nitro groups is 1. The molecule has 58 heavy (non-hydrogen) atoms. The molecule has 3 saturated heterocycles. The molecule has 0 radical (unpaired) electrons. The smallest absolute Gasteiger partial charge is 0.364 e. The van der Waals surface area contributed by atoms with E-state index in [-0.39, 0.29) is 11.4 Å². The second-order valence-corrected chi connectivity index (χ2v) is 13.9. The van der Waals surface area contributed by atoms with Crippen LogP contribution in [0.15, 0.2) is 24.3 Å². The van der Waals surface area contributed by atoms with Crippen LogP contribution < -0.4 is 20.7 Å². The van der Waals surface area contributed by atoms with E-state index in [9.17, 15) is 75.3 Å². The highest BCUT2D eigenvalue weighted by atomic mass is 16.8. The maximum atomic E-state index is 12.8. The summed E-state index contributed by atoms with van der Waals surface area (Å²) in [6, 6.07) is -0.230. The minimum atomic E-state index is -2.92. The Bertz CT molecular complexity index is 1610. The summed E-state index contributed by atoms with van der Waals surface area (Å²) in [4.78, 5) is 60.0. The summed E-state index contributed by atoms with van der Waals surface area (Å²) in [6.45, 7) is 0.244. The van der Waals surface area contributed by atoms with Crippen molar-refractivity contribution in [2.45, 2.75) is 125 Å². The first-order chi connectivity index (χ1) is 27.2. The molecule has 25 heteroatoms. The van der Waals surface area contributed by atoms with Gasteiger partial charge in [-0.2, -0.15) is 0 Å². The second kappa shape index (κ2) is 19.7. The van der Waals surface area contributed by atoms with Gasteiger partial charge in [-0.05, 0) is 12.1 Å². The lowest BCUT2D eigenvalue weighted by atomic mass is 9.88. The first-order valence-corrected chi connectivity index (χ1v) is 17.8. The van der Waals surface area contributed by atoms with Crippen molar-refractivity contribution >= 4 is 29.4 Å². The molecule has 16 unspecified atom stereocenters. The lowest BCUT2D eigenvalue weighted by molar-refractivity contribution is -0.384. The Kier molecular flexibility index (Phi) is 15.8. The molecule has 0 aliphatic carbocycles. The number of benzene rings is 1. The molecule has 1 aromatic carbocycles. The van der Waals surface area contributed by atoms with Crippen molar-refractivity contribution in [2.75, 3.05) is 19.8 Å². The minimum absolute atomic E-state index is 0.103. The number of rotatable bonds is 16. The topological polar surface area (TPSA) is 385 Å². The summed E-state index contributed by atoms with van der Waals surface area (Å²) < 4.78 is 35.0. The van der Waals surface area contributed by atoms with E-state index in [1.165, 1.54) is 0 Å². The number of aliphatic hydroxyl groups is 8. The van der Waals surface area contributed by atoms with Crippen LogP contribution in [0.5, 0.6) is 5.75 Å². The van der Waals surface area contributed by atoms with Gasteiger partial charge in [0.25, 0.3) is 11.5 Å². The van der Waals surface area contributed by atoms with E-state index in [0.717, 1.165) is 45.0 Å². The van der Waals surface area contributed by atoms with Crippen LogP contribution in [0.25, 0.3) is 0 Å². The number of hydrogen-bond acceptors (Lipinski definition) is 20. The van der Waals surface area contributed by atoms with Gasteiger partial charge >= 0.3 is 5.97 Å². The SMILES string of the molecule is CC(=O)NC1C(OC2C(O)C(COC3(C(=O)O)CC(O)C(NC(C)=O)C(C(O)C(O)CO)O3)OC(Oc3ccc([N+](=O)[O-])cc3)C2NC(C)=O)OC(CO)C(O)C1O. The van der Waals surface area contributed by atoms with Crippen molar-refractivity contribution in [3.8, 4) is 5.75 Å². The molecule has 0 spiro atoms. The lowest BCUT2D eigenvalue weighted by Crippen LogP contribution is -2.71. The molecule has 3 amide bonds. The van der Waals surface area contributed by atoms with Gasteiger partial charge in [0.1, 0.15) is 72.8 Å². The van der Waals surface area contributed by atoms with Crippen LogP contribution in [0.2, 0.25) is 0 Å². The van der Waals surface area contributed by atoms with E-state index < -0.39 is 152 Å². The van der Waals surface area contributed by atoms with Crippen molar-refractivity contribution in [2.24, 2.45) is 0 Å². The summed E-state index contributed by atoms with van der Waals surface area (Å²) in [5.41, 5.74) is -0.333. The third-order valence-corrected chi connectivity index (χ3v) is 9.55. The van der Waals surface area contributed by atoms with Gasteiger partial charge in [-0.25, -0.2) is 4.79 Å². The Labute approximate surface area is 328 Å². The van der Waals surface area contributed by atoms with E-state index in [1.54, 1.807) is 0 Å². The normalized spacial score (nSPS) is 36.2. The number of nitro benzene ring substituents is 1. The zero-order valence-electron chi connectivity index (χ0n) is 31.2. The number of aliphatic hydroxyl groups excluding tert-OH is 8. The molecule has 1 aromatic rings. The molecule has 3 aliphatic heterocycles. The lowest BCUT2D eigenvalue weighted by Gasteiger charge is -2.49. The van der Waals surface area contributed by atoms with Crippen molar-refractivity contribution in [1.82, 2.24) is 16.0 Å². The van der Waals surface area contributed by atoms with Gasteiger partial charge in [-0.3, -0.25) is 24.5 Å². The molecule has 16 atom stereocenters. The Morgan fingerprint density at radius 1 is 0.862 bits per heavy atom. The Balaban J connectivity index is 1.75. The van der Waals surface area contributed by atoms with Gasteiger partial charge in [-0.1, -0.05) is 0 Å². The molecular weight excluding hydrogens is 788 g/mol. The van der Waals surface area contributed by atoms with Crippen molar-refractivity contribution in [1.29, 1.82) is 0 Å². The number of carboxylic acid groups (broad SMARTS) is 1. The van der Waals surface area contributed by atoms with Gasteiger partial charge in [0.05, 0.1) is 36.9 Å². The molecule has 25 nitrogen and oxygen atoms in total. The van der Waals surface area contributed by atoms with Crippen LogP contribution in [0.3, 0.4) is 0 Å². The number of hydrogen-bond donors (Lipinski definition) is 12. The number of ether oxygens (including phenoxy) is 6. The maximum absolute atomic E-state index is 12.8. The van der Waals surface area contributed by atoms with Crippen LogP contribution in [-0.4, -0.2) is 192 Å². The highest BCUT2D eigenvalue weighted by Crippen LogP contribution is 2.36. The van der Waals surface area contributed by atoms with Gasteiger partial charge < -0.3 is 90.3 Å². The van der Waals surface area contributed by atoms with Crippen LogP contribution >= 0.6 is 0 Å². The molecule has 3 fully saturated rings. The standard InChI is InChI=1S/C33H48N4O21/c1-12(40)34-21-17(43)8-33(32(49)50,58-29(21)24(45)18(44)9-38)53-11-20-26(47)28(57-30-22(35-13(2)41)27(48)25(46)19(10-39)55-30)23(36-14(3)42)31(56-20)54-16-6-4-15(5-7-16)37(51)52/h4-7,17-31,38-39,43-48H,8-11H2,1-3H3,(H,34,40)(H,35,41)(H,36,42)(H,49,50). The number of aliphatic carboxylic acids is 1.